The quantitative estimate of drug-likeness (QED) is 0.766. The Balaban J connectivity index is 1.95. The summed E-state index contributed by atoms with van der Waals surface area (Å²) in [5.74, 6) is 1.57. The molecule has 4 heteroatoms. The maximum Gasteiger partial charge on any atom is 0.246 e. The molecule has 0 saturated heterocycles. The number of hydrogen-bond acceptors (Lipinski definition) is 3. The van der Waals surface area contributed by atoms with Crippen molar-refractivity contribution in [2.45, 2.75) is 33.2 Å². The van der Waals surface area contributed by atoms with E-state index in [1.54, 1.807) is 17.7 Å². The number of thiazole rings is 1. The summed E-state index contributed by atoms with van der Waals surface area (Å²) >= 11 is 1.54. The van der Waals surface area contributed by atoms with Gasteiger partial charge in [0.25, 0.3) is 0 Å². The van der Waals surface area contributed by atoms with Crippen molar-refractivity contribution >= 4 is 23.3 Å². The first-order valence-corrected chi connectivity index (χ1v) is 7.39. The minimum atomic E-state index is 0.0945. The Morgan fingerprint density at radius 1 is 1.67 bits per heavy atom. The van der Waals surface area contributed by atoms with E-state index in [1.165, 1.54) is 17.8 Å². The van der Waals surface area contributed by atoms with E-state index in [9.17, 15) is 4.79 Å². The van der Waals surface area contributed by atoms with Crippen molar-refractivity contribution in [2.75, 3.05) is 6.54 Å². The molecule has 1 amide bonds. The van der Waals surface area contributed by atoms with Gasteiger partial charge in [-0.1, -0.05) is 6.92 Å². The third-order valence-electron chi connectivity index (χ3n) is 3.46. The van der Waals surface area contributed by atoms with Crippen molar-refractivity contribution in [3.8, 4) is 0 Å². The maximum absolute atomic E-state index is 12.2. The van der Waals surface area contributed by atoms with Crippen LogP contribution in [0.1, 0.15) is 32.9 Å². The predicted molar refractivity (Wildman–Crippen MR) is 75.3 cm³/mol. The standard InChI is InChI=1S/C14H20N2OS/c1-10(2)16(7-12-6-11(12)3)14(17)5-4-13-8-18-9-15-13/h4-5,8-12H,6-7H2,1-3H3. The third kappa shape index (κ3) is 3.42. The molecule has 1 aliphatic carbocycles. The highest BCUT2D eigenvalue weighted by Crippen LogP contribution is 2.38. The molecular formula is C14H20N2OS. The zero-order chi connectivity index (χ0) is 13.1. The molecule has 2 rings (SSSR count). The Labute approximate surface area is 113 Å². The third-order valence-corrected chi connectivity index (χ3v) is 4.07. The first-order chi connectivity index (χ1) is 8.58. The number of carbonyl (C=O) groups is 1. The molecule has 1 heterocycles. The molecule has 0 aliphatic heterocycles. The molecule has 98 valence electrons. The second-order valence-corrected chi connectivity index (χ2v) is 6.02. The van der Waals surface area contributed by atoms with Gasteiger partial charge in [0.15, 0.2) is 0 Å². The lowest BCUT2D eigenvalue weighted by molar-refractivity contribution is -0.127. The van der Waals surface area contributed by atoms with Gasteiger partial charge in [0.1, 0.15) is 0 Å². The molecule has 0 N–H and O–H groups in total. The largest absolute Gasteiger partial charge is 0.336 e. The molecule has 1 aromatic heterocycles. The Bertz CT molecular complexity index is 425. The van der Waals surface area contributed by atoms with Crippen molar-refractivity contribution < 1.29 is 4.79 Å². The van der Waals surface area contributed by atoms with Crippen LogP contribution in [0, 0.1) is 11.8 Å². The van der Waals surface area contributed by atoms with Crippen LogP contribution >= 0.6 is 11.3 Å². The summed E-state index contributed by atoms with van der Waals surface area (Å²) in [6.07, 6.45) is 4.69. The van der Waals surface area contributed by atoms with Crippen LogP contribution in [-0.4, -0.2) is 28.4 Å². The van der Waals surface area contributed by atoms with Crippen LogP contribution < -0.4 is 0 Å². The van der Waals surface area contributed by atoms with Gasteiger partial charge >= 0.3 is 0 Å². The molecule has 2 atom stereocenters. The van der Waals surface area contributed by atoms with E-state index >= 15 is 0 Å². The van der Waals surface area contributed by atoms with Crippen molar-refractivity contribution in [2.24, 2.45) is 11.8 Å². The fourth-order valence-corrected chi connectivity index (χ4v) is 2.54. The summed E-state index contributed by atoms with van der Waals surface area (Å²) in [4.78, 5) is 18.3. The molecule has 3 nitrogen and oxygen atoms in total. The average Bonchev–Trinajstić information content (AvgIpc) is 2.81. The van der Waals surface area contributed by atoms with Crippen LogP contribution in [0.5, 0.6) is 0 Å². The lowest BCUT2D eigenvalue weighted by Crippen LogP contribution is -2.37. The van der Waals surface area contributed by atoms with E-state index < -0.39 is 0 Å². The molecule has 1 aromatic rings. The molecule has 1 saturated carbocycles. The Kier molecular flexibility index (Phi) is 4.17. The zero-order valence-electron chi connectivity index (χ0n) is 11.2. The maximum atomic E-state index is 12.2. The second kappa shape index (κ2) is 5.65. The SMILES string of the molecule is CC1CC1CN(C(=O)C=Cc1cscn1)C(C)C. The topological polar surface area (TPSA) is 33.2 Å². The molecule has 18 heavy (non-hydrogen) atoms. The first-order valence-electron chi connectivity index (χ1n) is 6.44. The molecule has 1 fully saturated rings. The van der Waals surface area contributed by atoms with Gasteiger partial charge in [0.2, 0.25) is 5.91 Å². The van der Waals surface area contributed by atoms with Crippen molar-refractivity contribution in [1.82, 2.24) is 9.88 Å². The first kappa shape index (κ1) is 13.3. The van der Waals surface area contributed by atoms with Crippen LogP contribution in [0.15, 0.2) is 17.0 Å². The molecule has 2 unspecified atom stereocenters. The van der Waals surface area contributed by atoms with Crippen molar-refractivity contribution in [3.05, 3.63) is 22.7 Å². The van der Waals surface area contributed by atoms with Gasteiger partial charge < -0.3 is 4.90 Å². The lowest BCUT2D eigenvalue weighted by atomic mass is 10.2. The minimum absolute atomic E-state index is 0.0945. The minimum Gasteiger partial charge on any atom is -0.336 e. The highest BCUT2D eigenvalue weighted by Gasteiger charge is 2.35. The van der Waals surface area contributed by atoms with E-state index in [0.717, 1.165) is 18.2 Å². The smallest absolute Gasteiger partial charge is 0.246 e. The number of rotatable bonds is 5. The Morgan fingerprint density at radius 3 is 2.89 bits per heavy atom. The van der Waals surface area contributed by atoms with Crippen LogP contribution in [0.2, 0.25) is 0 Å². The molecule has 0 aromatic carbocycles. The zero-order valence-corrected chi connectivity index (χ0v) is 12.0. The van der Waals surface area contributed by atoms with Gasteiger partial charge in [-0.2, -0.15) is 0 Å². The summed E-state index contributed by atoms with van der Waals surface area (Å²) in [6, 6.07) is 0.255. The fraction of sp³-hybridized carbons (Fsp3) is 0.571. The number of hydrogen-bond donors (Lipinski definition) is 0. The Morgan fingerprint density at radius 2 is 2.39 bits per heavy atom. The fourth-order valence-electron chi connectivity index (χ4n) is 2.02. The second-order valence-electron chi connectivity index (χ2n) is 5.30. The number of aromatic nitrogens is 1. The summed E-state index contributed by atoms with van der Waals surface area (Å²) in [6.45, 7) is 7.28. The Hall–Kier alpha value is -1.16. The summed E-state index contributed by atoms with van der Waals surface area (Å²) in [7, 11) is 0. The van der Waals surface area contributed by atoms with Crippen LogP contribution in [0.4, 0.5) is 0 Å². The molecule has 0 spiro atoms. The molecule has 1 aliphatic rings. The summed E-state index contributed by atoms with van der Waals surface area (Å²) < 4.78 is 0. The van der Waals surface area contributed by atoms with Crippen molar-refractivity contribution in [3.63, 3.8) is 0 Å². The van der Waals surface area contributed by atoms with Gasteiger partial charge in [0.05, 0.1) is 11.2 Å². The molecule has 0 radical (unpaired) electrons. The number of amides is 1. The summed E-state index contributed by atoms with van der Waals surface area (Å²) in [5.41, 5.74) is 2.63. The van der Waals surface area contributed by atoms with Crippen LogP contribution in [-0.2, 0) is 4.79 Å². The predicted octanol–water partition coefficient (Wildman–Crippen LogP) is 3.05. The monoisotopic (exact) mass is 264 g/mol. The van der Waals surface area contributed by atoms with Crippen molar-refractivity contribution in [1.29, 1.82) is 0 Å². The van der Waals surface area contributed by atoms with Crippen LogP contribution in [0.25, 0.3) is 6.08 Å². The van der Waals surface area contributed by atoms with E-state index in [0.29, 0.717) is 5.92 Å². The van der Waals surface area contributed by atoms with Gasteiger partial charge in [0, 0.05) is 24.0 Å². The van der Waals surface area contributed by atoms with Crippen LogP contribution in [0.3, 0.4) is 0 Å². The van der Waals surface area contributed by atoms with E-state index in [4.69, 9.17) is 0 Å². The highest BCUT2D eigenvalue weighted by molar-refractivity contribution is 7.07. The van der Waals surface area contributed by atoms with E-state index in [2.05, 4.69) is 25.8 Å². The lowest BCUT2D eigenvalue weighted by Gasteiger charge is -2.25. The highest BCUT2D eigenvalue weighted by atomic mass is 32.1. The number of carbonyl (C=O) groups excluding carboxylic acids is 1. The molecule has 0 bridgehead atoms. The van der Waals surface area contributed by atoms with Gasteiger partial charge in [-0.25, -0.2) is 4.98 Å². The summed E-state index contributed by atoms with van der Waals surface area (Å²) in [5, 5.41) is 1.94. The molecular weight excluding hydrogens is 244 g/mol. The normalized spacial score (nSPS) is 22.7. The average molecular weight is 264 g/mol. The van der Waals surface area contributed by atoms with E-state index in [1.807, 2.05) is 10.3 Å². The van der Waals surface area contributed by atoms with E-state index in [-0.39, 0.29) is 11.9 Å². The van der Waals surface area contributed by atoms with Gasteiger partial charge in [-0.3, -0.25) is 4.79 Å². The number of nitrogens with zero attached hydrogens (tertiary/aromatic N) is 2. The van der Waals surface area contributed by atoms with Gasteiger partial charge in [-0.15, -0.1) is 11.3 Å². The van der Waals surface area contributed by atoms with Gasteiger partial charge in [-0.05, 0) is 38.2 Å².